The van der Waals surface area contributed by atoms with Crippen molar-refractivity contribution in [2.24, 2.45) is 5.92 Å². The highest BCUT2D eigenvalue weighted by atomic mass is 19.4. The number of hydrogen-bond donors (Lipinski definition) is 1. The van der Waals surface area contributed by atoms with Crippen LogP contribution in [-0.4, -0.2) is 43.3 Å². The van der Waals surface area contributed by atoms with E-state index in [0.29, 0.717) is 25.0 Å². The standard InChI is InChI=1S/C11H21F3N2/c1-3-15-9(2)10-4-6-16(7-5-10)8-11(12,13)14/h9-10,15H,3-8H2,1-2H3. The first-order valence-electron chi connectivity index (χ1n) is 5.95. The molecule has 1 aliphatic rings. The number of likely N-dealkylation sites (tertiary alicyclic amines) is 1. The van der Waals surface area contributed by atoms with Gasteiger partial charge in [0.15, 0.2) is 0 Å². The molecular formula is C11H21F3N2. The molecule has 0 bridgehead atoms. The number of hydrogen-bond acceptors (Lipinski definition) is 2. The van der Waals surface area contributed by atoms with Crippen molar-refractivity contribution in [2.75, 3.05) is 26.2 Å². The zero-order valence-corrected chi connectivity index (χ0v) is 9.98. The average molecular weight is 238 g/mol. The topological polar surface area (TPSA) is 15.3 Å². The first-order chi connectivity index (χ1) is 7.42. The van der Waals surface area contributed by atoms with Gasteiger partial charge in [0.05, 0.1) is 6.54 Å². The molecule has 96 valence electrons. The van der Waals surface area contributed by atoms with Crippen LogP contribution in [0.3, 0.4) is 0 Å². The van der Waals surface area contributed by atoms with Crippen molar-refractivity contribution in [1.82, 2.24) is 10.2 Å². The van der Waals surface area contributed by atoms with Crippen LogP contribution in [-0.2, 0) is 0 Å². The molecule has 1 unspecified atom stereocenters. The summed E-state index contributed by atoms with van der Waals surface area (Å²) in [4.78, 5) is 1.51. The summed E-state index contributed by atoms with van der Waals surface area (Å²) in [5.74, 6) is 0.518. The monoisotopic (exact) mass is 238 g/mol. The van der Waals surface area contributed by atoms with Gasteiger partial charge in [0.2, 0.25) is 0 Å². The fourth-order valence-corrected chi connectivity index (χ4v) is 2.35. The second kappa shape index (κ2) is 5.87. The third-order valence-electron chi connectivity index (χ3n) is 3.27. The number of nitrogens with zero attached hydrogens (tertiary/aromatic N) is 1. The number of alkyl halides is 3. The molecule has 1 atom stereocenters. The second-order valence-corrected chi connectivity index (χ2v) is 4.58. The summed E-state index contributed by atoms with van der Waals surface area (Å²) in [7, 11) is 0. The fraction of sp³-hybridized carbons (Fsp3) is 1.00. The summed E-state index contributed by atoms with van der Waals surface area (Å²) >= 11 is 0. The van der Waals surface area contributed by atoms with E-state index in [1.165, 1.54) is 4.90 Å². The Kier molecular flexibility index (Phi) is 5.05. The van der Waals surface area contributed by atoms with Gasteiger partial charge in [-0.3, -0.25) is 4.90 Å². The molecule has 1 aliphatic heterocycles. The normalized spacial score (nSPS) is 22.3. The fourth-order valence-electron chi connectivity index (χ4n) is 2.35. The molecular weight excluding hydrogens is 217 g/mol. The lowest BCUT2D eigenvalue weighted by Crippen LogP contribution is -2.44. The molecule has 0 radical (unpaired) electrons. The van der Waals surface area contributed by atoms with Crippen molar-refractivity contribution in [3.05, 3.63) is 0 Å². The van der Waals surface area contributed by atoms with Crippen LogP contribution >= 0.6 is 0 Å². The van der Waals surface area contributed by atoms with Crippen molar-refractivity contribution in [1.29, 1.82) is 0 Å². The van der Waals surface area contributed by atoms with Gasteiger partial charge in [-0.2, -0.15) is 13.2 Å². The van der Waals surface area contributed by atoms with E-state index in [9.17, 15) is 13.2 Å². The molecule has 1 rings (SSSR count). The van der Waals surface area contributed by atoms with E-state index in [0.717, 1.165) is 19.4 Å². The molecule has 0 aromatic heterocycles. The summed E-state index contributed by atoms with van der Waals surface area (Å²) in [6.07, 6.45) is -2.32. The molecule has 0 amide bonds. The van der Waals surface area contributed by atoms with Crippen LogP contribution in [0.2, 0.25) is 0 Å². The average Bonchev–Trinajstić information content (AvgIpc) is 2.16. The minimum Gasteiger partial charge on any atom is -0.314 e. The summed E-state index contributed by atoms with van der Waals surface area (Å²) in [5, 5.41) is 3.34. The zero-order chi connectivity index (χ0) is 12.2. The van der Waals surface area contributed by atoms with Crippen molar-refractivity contribution < 1.29 is 13.2 Å². The summed E-state index contributed by atoms with van der Waals surface area (Å²) in [6.45, 7) is 5.47. The Labute approximate surface area is 95.2 Å². The smallest absolute Gasteiger partial charge is 0.314 e. The van der Waals surface area contributed by atoms with Crippen molar-refractivity contribution in [2.45, 2.75) is 38.9 Å². The number of nitrogens with one attached hydrogen (secondary N) is 1. The maximum atomic E-state index is 12.2. The maximum absolute atomic E-state index is 12.2. The molecule has 5 heteroatoms. The summed E-state index contributed by atoms with van der Waals surface area (Å²) in [5.41, 5.74) is 0. The quantitative estimate of drug-likeness (QED) is 0.808. The SMILES string of the molecule is CCNC(C)C1CCN(CC(F)(F)F)CC1. The van der Waals surface area contributed by atoms with Gasteiger partial charge >= 0.3 is 6.18 Å². The molecule has 16 heavy (non-hydrogen) atoms. The van der Waals surface area contributed by atoms with Gasteiger partial charge in [0.1, 0.15) is 0 Å². The van der Waals surface area contributed by atoms with Gasteiger partial charge in [-0.05, 0) is 45.3 Å². The highest BCUT2D eigenvalue weighted by Gasteiger charge is 2.33. The van der Waals surface area contributed by atoms with E-state index in [1.54, 1.807) is 0 Å². The van der Waals surface area contributed by atoms with E-state index in [1.807, 2.05) is 0 Å². The van der Waals surface area contributed by atoms with Crippen LogP contribution < -0.4 is 5.32 Å². The first kappa shape index (κ1) is 13.8. The van der Waals surface area contributed by atoms with Crippen LogP contribution in [0.15, 0.2) is 0 Å². The predicted octanol–water partition coefficient (Wildman–Crippen LogP) is 2.26. The van der Waals surface area contributed by atoms with Crippen LogP contribution in [0.1, 0.15) is 26.7 Å². The largest absolute Gasteiger partial charge is 0.401 e. The minimum absolute atomic E-state index is 0.415. The highest BCUT2D eigenvalue weighted by molar-refractivity contribution is 4.80. The van der Waals surface area contributed by atoms with Crippen molar-refractivity contribution in [3.63, 3.8) is 0 Å². The molecule has 0 aromatic rings. The van der Waals surface area contributed by atoms with Gasteiger partial charge in [-0.15, -0.1) is 0 Å². The third kappa shape index (κ3) is 4.70. The minimum atomic E-state index is -4.06. The molecule has 0 saturated carbocycles. The Morgan fingerprint density at radius 1 is 1.31 bits per heavy atom. The zero-order valence-electron chi connectivity index (χ0n) is 9.98. The van der Waals surface area contributed by atoms with E-state index < -0.39 is 12.7 Å². The molecule has 1 N–H and O–H groups in total. The van der Waals surface area contributed by atoms with Gasteiger partial charge in [-0.1, -0.05) is 6.92 Å². The number of rotatable bonds is 4. The van der Waals surface area contributed by atoms with E-state index in [2.05, 4.69) is 19.2 Å². The van der Waals surface area contributed by atoms with Gasteiger partial charge in [0, 0.05) is 6.04 Å². The Morgan fingerprint density at radius 3 is 2.31 bits per heavy atom. The van der Waals surface area contributed by atoms with Crippen LogP contribution in [0.4, 0.5) is 13.2 Å². The Hall–Kier alpha value is -0.290. The molecule has 0 spiro atoms. The molecule has 1 heterocycles. The molecule has 2 nitrogen and oxygen atoms in total. The summed E-state index contributed by atoms with van der Waals surface area (Å²) in [6, 6.07) is 0.415. The lowest BCUT2D eigenvalue weighted by atomic mass is 9.90. The predicted molar refractivity (Wildman–Crippen MR) is 58.4 cm³/mol. The highest BCUT2D eigenvalue weighted by Crippen LogP contribution is 2.24. The maximum Gasteiger partial charge on any atom is 0.401 e. The number of piperidine rings is 1. The molecule has 0 aliphatic carbocycles. The van der Waals surface area contributed by atoms with Gasteiger partial charge < -0.3 is 5.32 Å². The van der Waals surface area contributed by atoms with E-state index in [-0.39, 0.29) is 0 Å². The molecule has 1 fully saturated rings. The molecule has 1 saturated heterocycles. The first-order valence-corrected chi connectivity index (χ1v) is 5.95. The lowest BCUT2D eigenvalue weighted by Gasteiger charge is -2.35. The lowest BCUT2D eigenvalue weighted by molar-refractivity contribution is -0.148. The Morgan fingerprint density at radius 2 is 1.88 bits per heavy atom. The third-order valence-corrected chi connectivity index (χ3v) is 3.27. The van der Waals surface area contributed by atoms with E-state index in [4.69, 9.17) is 0 Å². The summed E-state index contributed by atoms with van der Waals surface area (Å²) < 4.78 is 36.5. The second-order valence-electron chi connectivity index (χ2n) is 4.58. The van der Waals surface area contributed by atoms with Crippen molar-refractivity contribution in [3.8, 4) is 0 Å². The molecule has 0 aromatic carbocycles. The van der Waals surface area contributed by atoms with Gasteiger partial charge in [-0.25, -0.2) is 0 Å². The number of halogens is 3. The van der Waals surface area contributed by atoms with Crippen LogP contribution in [0.25, 0.3) is 0 Å². The van der Waals surface area contributed by atoms with E-state index >= 15 is 0 Å². The van der Waals surface area contributed by atoms with Gasteiger partial charge in [0.25, 0.3) is 0 Å². The van der Waals surface area contributed by atoms with Crippen molar-refractivity contribution >= 4 is 0 Å². The van der Waals surface area contributed by atoms with Crippen LogP contribution in [0.5, 0.6) is 0 Å². The van der Waals surface area contributed by atoms with Crippen LogP contribution in [0, 0.1) is 5.92 Å². The Balaban J connectivity index is 2.28. The Bertz CT molecular complexity index is 198.